The molecule has 0 unspecified atom stereocenters. The quantitative estimate of drug-likeness (QED) is 0.592. The largest absolute Gasteiger partial charge is 0.508 e. The Morgan fingerprint density at radius 1 is 1.15 bits per heavy atom. The normalized spacial score (nSPS) is 10.5. The van der Waals surface area contributed by atoms with E-state index in [4.69, 9.17) is 0 Å². The first-order chi connectivity index (χ1) is 12.5. The number of nitrogens with zero attached hydrogens (tertiary/aromatic N) is 1. The van der Waals surface area contributed by atoms with Gasteiger partial charge in [0.2, 0.25) is 0 Å². The fourth-order valence-corrected chi connectivity index (χ4v) is 2.50. The standard InChI is InChI=1S/C19H16FN3O3/c20-16-6-3-13(9-14(16)11-24)17-10-18(23-19(26)22-17)21-8-7-12-1-4-15(25)5-2-12/h1-6,9-11,25H,7-8H2,(H2,21,22,23,26). The van der Waals surface area contributed by atoms with Crippen molar-refractivity contribution in [2.75, 3.05) is 11.9 Å². The second kappa shape index (κ2) is 7.60. The Balaban J connectivity index is 1.76. The van der Waals surface area contributed by atoms with Gasteiger partial charge in [-0.2, -0.15) is 4.98 Å². The van der Waals surface area contributed by atoms with E-state index >= 15 is 0 Å². The lowest BCUT2D eigenvalue weighted by Gasteiger charge is -2.08. The third-order valence-electron chi connectivity index (χ3n) is 3.83. The van der Waals surface area contributed by atoms with Gasteiger partial charge in [0.15, 0.2) is 6.29 Å². The summed E-state index contributed by atoms with van der Waals surface area (Å²) in [5.41, 5.74) is 1.33. The average molecular weight is 353 g/mol. The molecule has 3 aromatic rings. The number of benzene rings is 2. The van der Waals surface area contributed by atoms with Gasteiger partial charge in [0.25, 0.3) is 0 Å². The van der Waals surface area contributed by atoms with E-state index in [1.54, 1.807) is 18.2 Å². The monoisotopic (exact) mass is 353 g/mol. The minimum Gasteiger partial charge on any atom is -0.508 e. The molecule has 0 aliphatic carbocycles. The molecule has 132 valence electrons. The van der Waals surface area contributed by atoms with Crippen LogP contribution in [-0.4, -0.2) is 27.9 Å². The number of phenols is 1. The molecule has 0 spiro atoms. The van der Waals surface area contributed by atoms with E-state index in [2.05, 4.69) is 15.3 Å². The van der Waals surface area contributed by atoms with Gasteiger partial charge >= 0.3 is 5.69 Å². The maximum atomic E-state index is 13.5. The Bertz CT molecular complexity index is 984. The van der Waals surface area contributed by atoms with Crippen molar-refractivity contribution in [2.24, 2.45) is 0 Å². The van der Waals surface area contributed by atoms with Gasteiger partial charge in [-0.05, 0) is 47.9 Å². The van der Waals surface area contributed by atoms with Gasteiger partial charge in [-0.3, -0.25) is 4.79 Å². The van der Waals surface area contributed by atoms with E-state index in [0.29, 0.717) is 36.3 Å². The van der Waals surface area contributed by atoms with Crippen molar-refractivity contribution in [3.63, 3.8) is 0 Å². The summed E-state index contributed by atoms with van der Waals surface area (Å²) in [6, 6.07) is 12.5. The molecule has 0 aliphatic rings. The highest BCUT2D eigenvalue weighted by Gasteiger charge is 2.07. The van der Waals surface area contributed by atoms with Crippen molar-refractivity contribution in [3.8, 4) is 17.0 Å². The fourth-order valence-electron chi connectivity index (χ4n) is 2.50. The van der Waals surface area contributed by atoms with Gasteiger partial charge in [0, 0.05) is 12.6 Å². The van der Waals surface area contributed by atoms with Crippen molar-refractivity contribution >= 4 is 12.1 Å². The molecule has 0 radical (unpaired) electrons. The predicted molar refractivity (Wildman–Crippen MR) is 95.9 cm³/mol. The number of nitrogens with one attached hydrogen (secondary N) is 2. The van der Waals surface area contributed by atoms with Crippen molar-refractivity contribution in [3.05, 3.63) is 76.0 Å². The second-order valence-corrected chi connectivity index (χ2v) is 5.68. The molecule has 0 saturated carbocycles. The summed E-state index contributed by atoms with van der Waals surface area (Å²) in [5, 5.41) is 12.3. The molecule has 0 atom stereocenters. The first-order valence-electron chi connectivity index (χ1n) is 7.93. The second-order valence-electron chi connectivity index (χ2n) is 5.68. The smallest absolute Gasteiger partial charge is 0.347 e. The van der Waals surface area contributed by atoms with Crippen LogP contribution in [-0.2, 0) is 6.42 Å². The Morgan fingerprint density at radius 3 is 2.65 bits per heavy atom. The molecule has 3 N–H and O–H groups in total. The number of anilines is 1. The topological polar surface area (TPSA) is 95.1 Å². The number of aromatic amines is 1. The van der Waals surface area contributed by atoms with E-state index in [0.717, 1.165) is 5.56 Å². The molecule has 0 amide bonds. The van der Waals surface area contributed by atoms with Gasteiger partial charge in [0.1, 0.15) is 17.4 Å². The number of rotatable bonds is 6. The van der Waals surface area contributed by atoms with E-state index in [1.165, 1.54) is 18.2 Å². The molecule has 2 aromatic carbocycles. The Morgan fingerprint density at radius 2 is 1.92 bits per heavy atom. The highest BCUT2D eigenvalue weighted by molar-refractivity contribution is 5.78. The highest BCUT2D eigenvalue weighted by Crippen LogP contribution is 2.20. The van der Waals surface area contributed by atoms with Gasteiger partial charge in [-0.1, -0.05) is 12.1 Å². The molecule has 6 nitrogen and oxygen atoms in total. The first-order valence-corrected chi connectivity index (χ1v) is 7.93. The highest BCUT2D eigenvalue weighted by atomic mass is 19.1. The molecular weight excluding hydrogens is 337 g/mol. The third kappa shape index (κ3) is 4.13. The van der Waals surface area contributed by atoms with Crippen LogP contribution < -0.4 is 11.0 Å². The van der Waals surface area contributed by atoms with Crippen LogP contribution in [0.4, 0.5) is 10.2 Å². The SMILES string of the molecule is O=Cc1cc(-c2cc(NCCc3ccc(O)cc3)nc(=O)[nH]2)ccc1F. The van der Waals surface area contributed by atoms with Crippen LogP contribution in [0.25, 0.3) is 11.3 Å². The van der Waals surface area contributed by atoms with Crippen LogP contribution in [0.1, 0.15) is 15.9 Å². The first kappa shape index (κ1) is 17.3. The van der Waals surface area contributed by atoms with Crippen LogP contribution in [0.5, 0.6) is 5.75 Å². The number of carbonyl (C=O) groups excluding carboxylic acids is 1. The maximum absolute atomic E-state index is 13.5. The lowest BCUT2D eigenvalue weighted by Crippen LogP contribution is -2.15. The number of halogens is 1. The van der Waals surface area contributed by atoms with Gasteiger partial charge in [0.05, 0.1) is 11.3 Å². The molecule has 0 aliphatic heterocycles. The lowest BCUT2D eigenvalue weighted by molar-refractivity contribution is 0.112. The van der Waals surface area contributed by atoms with E-state index in [-0.39, 0.29) is 11.3 Å². The summed E-state index contributed by atoms with van der Waals surface area (Å²) in [6.45, 7) is 0.531. The maximum Gasteiger partial charge on any atom is 0.347 e. The Hall–Kier alpha value is -3.48. The summed E-state index contributed by atoms with van der Waals surface area (Å²) in [7, 11) is 0. The minimum atomic E-state index is -0.618. The van der Waals surface area contributed by atoms with Gasteiger partial charge in [-0.25, -0.2) is 9.18 Å². The van der Waals surface area contributed by atoms with Gasteiger partial charge in [-0.15, -0.1) is 0 Å². The number of aromatic nitrogens is 2. The number of hydrogen-bond acceptors (Lipinski definition) is 5. The van der Waals surface area contributed by atoms with Crippen LogP contribution >= 0.6 is 0 Å². The number of phenolic OH excluding ortho intramolecular Hbond substituents is 1. The zero-order valence-electron chi connectivity index (χ0n) is 13.7. The van der Waals surface area contributed by atoms with E-state index in [9.17, 15) is 19.1 Å². The van der Waals surface area contributed by atoms with E-state index < -0.39 is 11.5 Å². The number of carbonyl (C=O) groups is 1. The Kier molecular flexibility index (Phi) is 5.07. The molecule has 3 rings (SSSR count). The molecule has 26 heavy (non-hydrogen) atoms. The number of aromatic hydroxyl groups is 1. The van der Waals surface area contributed by atoms with Crippen molar-refractivity contribution < 1.29 is 14.3 Å². The molecule has 1 aromatic heterocycles. The van der Waals surface area contributed by atoms with Crippen LogP contribution in [0.3, 0.4) is 0 Å². The van der Waals surface area contributed by atoms with E-state index in [1.807, 2.05) is 12.1 Å². The minimum absolute atomic E-state index is 0.0815. The van der Waals surface area contributed by atoms with Crippen molar-refractivity contribution in [1.82, 2.24) is 9.97 Å². The summed E-state index contributed by atoms with van der Waals surface area (Å²) in [5.74, 6) is -0.0384. The molecular formula is C19H16FN3O3. The number of hydrogen-bond donors (Lipinski definition) is 3. The summed E-state index contributed by atoms with van der Waals surface area (Å²) in [6.07, 6.45) is 1.10. The summed E-state index contributed by atoms with van der Waals surface area (Å²) in [4.78, 5) is 29.1. The number of aldehydes is 1. The Labute approximate surface area is 148 Å². The zero-order chi connectivity index (χ0) is 18.5. The number of H-pyrrole nitrogens is 1. The summed E-state index contributed by atoms with van der Waals surface area (Å²) >= 11 is 0. The molecule has 0 fully saturated rings. The molecule has 0 saturated heterocycles. The zero-order valence-corrected chi connectivity index (χ0v) is 13.7. The summed E-state index contributed by atoms with van der Waals surface area (Å²) < 4.78 is 13.5. The average Bonchev–Trinajstić information content (AvgIpc) is 2.63. The molecule has 0 bridgehead atoms. The molecule has 7 heteroatoms. The predicted octanol–water partition coefficient (Wildman–Crippen LogP) is 2.75. The molecule has 1 heterocycles. The van der Waals surface area contributed by atoms with Crippen LogP contribution in [0.15, 0.2) is 53.3 Å². The fraction of sp³-hybridized carbons (Fsp3) is 0.105. The van der Waals surface area contributed by atoms with Crippen molar-refractivity contribution in [1.29, 1.82) is 0 Å². The lowest BCUT2D eigenvalue weighted by atomic mass is 10.1. The van der Waals surface area contributed by atoms with Crippen molar-refractivity contribution in [2.45, 2.75) is 6.42 Å². The van der Waals surface area contributed by atoms with Crippen LogP contribution in [0, 0.1) is 5.82 Å². The third-order valence-corrected chi connectivity index (χ3v) is 3.83. The van der Waals surface area contributed by atoms with Crippen LogP contribution in [0.2, 0.25) is 0 Å². The van der Waals surface area contributed by atoms with Gasteiger partial charge < -0.3 is 15.4 Å².